The lowest BCUT2D eigenvalue weighted by molar-refractivity contribution is -0.122. The molecule has 60 valence electrons. The summed E-state index contributed by atoms with van der Waals surface area (Å²) in [7, 11) is 0. The second-order valence-electron chi connectivity index (χ2n) is 2.58. The molecule has 1 rings (SSSR count). The molecule has 10 heavy (non-hydrogen) atoms. The second kappa shape index (κ2) is 8.47. The van der Waals surface area contributed by atoms with Crippen LogP contribution in [-0.4, -0.2) is 11.6 Å². The summed E-state index contributed by atoms with van der Waals surface area (Å²) in [5.74, 6) is 0. The lowest BCUT2D eigenvalue weighted by atomic mass is 10.2. The molecule has 0 aromatic carbocycles. The summed E-state index contributed by atoms with van der Waals surface area (Å²) in [5.41, 5.74) is 0. The standard InChI is InChI=1S/C7H14.CH2O2/c1-2-4-6-7-5-3-1;2-1-3/h1-7H2;1H,(H,2,3). The SMILES string of the molecule is C1CCCCCC1.O=CO. The fraction of sp³-hybridized carbons (Fsp3) is 0.875. The van der Waals surface area contributed by atoms with Crippen LogP contribution in [0.5, 0.6) is 0 Å². The van der Waals surface area contributed by atoms with Gasteiger partial charge in [-0.05, 0) is 0 Å². The van der Waals surface area contributed by atoms with Gasteiger partial charge >= 0.3 is 0 Å². The monoisotopic (exact) mass is 144 g/mol. The van der Waals surface area contributed by atoms with Crippen molar-refractivity contribution in [2.24, 2.45) is 0 Å². The summed E-state index contributed by atoms with van der Waals surface area (Å²) >= 11 is 0. The maximum absolute atomic E-state index is 8.36. The van der Waals surface area contributed by atoms with Crippen LogP contribution in [0.3, 0.4) is 0 Å². The molecule has 0 unspecified atom stereocenters. The third-order valence-electron chi connectivity index (χ3n) is 1.75. The summed E-state index contributed by atoms with van der Waals surface area (Å²) in [4.78, 5) is 8.36. The highest BCUT2D eigenvalue weighted by molar-refractivity contribution is 5.32. The van der Waals surface area contributed by atoms with Gasteiger partial charge in [0.2, 0.25) is 0 Å². The minimum absolute atomic E-state index is 0.250. The average Bonchev–Trinajstić information content (AvgIpc) is 2.17. The summed E-state index contributed by atoms with van der Waals surface area (Å²) in [5, 5.41) is 6.89. The molecule has 1 saturated carbocycles. The Morgan fingerprint density at radius 3 is 1.00 bits per heavy atom. The Balaban J connectivity index is 0.000000236. The predicted octanol–water partition coefficient (Wildman–Crippen LogP) is 2.43. The summed E-state index contributed by atoms with van der Waals surface area (Å²) in [6.07, 6.45) is 10.5. The number of hydrogen-bond acceptors (Lipinski definition) is 1. The van der Waals surface area contributed by atoms with Crippen molar-refractivity contribution < 1.29 is 9.90 Å². The second-order valence-corrected chi connectivity index (χ2v) is 2.58. The average molecular weight is 144 g/mol. The van der Waals surface area contributed by atoms with E-state index >= 15 is 0 Å². The Labute approximate surface area is 62.2 Å². The highest BCUT2D eigenvalue weighted by Gasteiger charge is 1.95. The third kappa shape index (κ3) is 7.47. The molecule has 1 fully saturated rings. The van der Waals surface area contributed by atoms with E-state index in [1.54, 1.807) is 0 Å². The number of rotatable bonds is 0. The molecule has 0 heterocycles. The lowest BCUT2D eigenvalue weighted by Crippen LogP contribution is -1.66. The molecule has 1 aliphatic carbocycles. The fourth-order valence-electron chi connectivity index (χ4n) is 1.24. The van der Waals surface area contributed by atoms with Crippen LogP contribution in [-0.2, 0) is 4.79 Å². The molecule has 1 aliphatic rings. The van der Waals surface area contributed by atoms with Gasteiger partial charge in [0.05, 0.1) is 0 Å². The molecule has 0 radical (unpaired) electrons. The molecule has 0 amide bonds. The van der Waals surface area contributed by atoms with E-state index in [1.165, 1.54) is 44.9 Å². The zero-order valence-electron chi connectivity index (χ0n) is 6.38. The fourth-order valence-corrected chi connectivity index (χ4v) is 1.24. The third-order valence-corrected chi connectivity index (χ3v) is 1.75. The molecular weight excluding hydrogens is 128 g/mol. The molecule has 0 saturated heterocycles. The van der Waals surface area contributed by atoms with Gasteiger partial charge < -0.3 is 5.11 Å². The van der Waals surface area contributed by atoms with E-state index in [-0.39, 0.29) is 6.47 Å². The van der Waals surface area contributed by atoms with Gasteiger partial charge in [-0.25, -0.2) is 0 Å². The number of hydrogen-bond donors (Lipinski definition) is 1. The van der Waals surface area contributed by atoms with E-state index in [0.29, 0.717) is 0 Å². The van der Waals surface area contributed by atoms with Crippen LogP contribution in [0.15, 0.2) is 0 Å². The van der Waals surface area contributed by atoms with Gasteiger partial charge in [-0.2, -0.15) is 0 Å². The van der Waals surface area contributed by atoms with Crippen LogP contribution in [0.2, 0.25) is 0 Å². The van der Waals surface area contributed by atoms with Crippen molar-refractivity contribution in [1.82, 2.24) is 0 Å². The molecule has 0 atom stereocenters. The molecule has 2 nitrogen and oxygen atoms in total. The maximum Gasteiger partial charge on any atom is 0.290 e. The molecule has 0 aromatic heterocycles. The van der Waals surface area contributed by atoms with E-state index in [4.69, 9.17) is 9.90 Å². The van der Waals surface area contributed by atoms with E-state index in [1.807, 2.05) is 0 Å². The zero-order valence-corrected chi connectivity index (χ0v) is 6.38. The Hall–Kier alpha value is -0.530. The first-order valence-corrected chi connectivity index (χ1v) is 3.99. The summed E-state index contributed by atoms with van der Waals surface area (Å²) in [6.45, 7) is -0.250. The van der Waals surface area contributed by atoms with Gasteiger partial charge in [0.15, 0.2) is 0 Å². The highest BCUT2D eigenvalue weighted by atomic mass is 16.3. The molecular formula is C8H16O2. The highest BCUT2D eigenvalue weighted by Crippen LogP contribution is 2.15. The van der Waals surface area contributed by atoms with Gasteiger partial charge in [-0.1, -0.05) is 44.9 Å². The van der Waals surface area contributed by atoms with Crippen LogP contribution in [0, 0.1) is 0 Å². The Morgan fingerprint density at radius 2 is 0.900 bits per heavy atom. The van der Waals surface area contributed by atoms with Crippen molar-refractivity contribution in [2.45, 2.75) is 44.9 Å². The molecule has 2 heteroatoms. The van der Waals surface area contributed by atoms with Gasteiger partial charge in [0, 0.05) is 0 Å². The molecule has 0 aromatic rings. The predicted molar refractivity (Wildman–Crippen MR) is 41.0 cm³/mol. The first-order valence-electron chi connectivity index (χ1n) is 3.99. The van der Waals surface area contributed by atoms with Crippen molar-refractivity contribution >= 4 is 6.47 Å². The Morgan fingerprint density at radius 1 is 0.800 bits per heavy atom. The minimum Gasteiger partial charge on any atom is -0.483 e. The van der Waals surface area contributed by atoms with Crippen LogP contribution < -0.4 is 0 Å². The first-order chi connectivity index (χ1) is 4.91. The van der Waals surface area contributed by atoms with Crippen molar-refractivity contribution in [3.8, 4) is 0 Å². The molecule has 1 N–H and O–H groups in total. The summed E-state index contributed by atoms with van der Waals surface area (Å²) < 4.78 is 0. The van der Waals surface area contributed by atoms with Crippen molar-refractivity contribution in [2.75, 3.05) is 0 Å². The minimum atomic E-state index is -0.250. The maximum atomic E-state index is 8.36. The molecule has 0 aliphatic heterocycles. The number of carbonyl (C=O) groups is 1. The van der Waals surface area contributed by atoms with Gasteiger partial charge in [0.25, 0.3) is 6.47 Å². The Kier molecular flexibility index (Phi) is 8.02. The van der Waals surface area contributed by atoms with E-state index in [2.05, 4.69) is 0 Å². The Bertz CT molecular complexity index is 52.0. The smallest absolute Gasteiger partial charge is 0.290 e. The van der Waals surface area contributed by atoms with E-state index < -0.39 is 0 Å². The van der Waals surface area contributed by atoms with Crippen molar-refractivity contribution in [3.63, 3.8) is 0 Å². The zero-order chi connectivity index (χ0) is 7.66. The van der Waals surface area contributed by atoms with Crippen LogP contribution in [0.4, 0.5) is 0 Å². The van der Waals surface area contributed by atoms with Crippen LogP contribution in [0.1, 0.15) is 44.9 Å². The molecule has 0 bridgehead atoms. The van der Waals surface area contributed by atoms with Gasteiger partial charge in [0.1, 0.15) is 0 Å². The van der Waals surface area contributed by atoms with Crippen molar-refractivity contribution in [3.05, 3.63) is 0 Å². The van der Waals surface area contributed by atoms with Crippen LogP contribution in [0.25, 0.3) is 0 Å². The largest absolute Gasteiger partial charge is 0.483 e. The van der Waals surface area contributed by atoms with Crippen LogP contribution >= 0.6 is 0 Å². The normalized spacial score (nSPS) is 18.0. The molecule has 0 spiro atoms. The van der Waals surface area contributed by atoms with E-state index in [9.17, 15) is 0 Å². The topological polar surface area (TPSA) is 37.3 Å². The number of carboxylic acid groups (broad SMARTS) is 1. The lowest BCUT2D eigenvalue weighted by Gasteiger charge is -1.85. The van der Waals surface area contributed by atoms with Crippen molar-refractivity contribution in [1.29, 1.82) is 0 Å². The van der Waals surface area contributed by atoms with Gasteiger partial charge in [-0.15, -0.1) is 0 Å². The quantitative estimate of drug-likeness (QED) is 0.419. The van der Waals surface area contributed by atoms with E-state index in [0.717, 1.165) is 0 Å². The first kappa shape index (κ1) is 9.47. The summed E-state index contributed by atoms with van der Waals surface area (Å²) in [6, 6.07) is 0. The van der Waals surface area contributed by atoms with Gasteiger partial charge in [-0.3, -0.25) is 4.79 Å².